The van der Waals surface area contributed by atoms with Crippen molar-refractivity contribution in [2.45, 2.75) is 57.7 Å². The number of aliphatic imine (C=N–C) groups is 1. The highest BCUT2D eigenvalue weighted by Gasteiger charge is 2.23. The van der Waals surface area contributed by atoms with Crippen molar-refractivity contribution < 1.29 is 0 Å². The van der Waals surface area contributed by atoms with Crippen LogP contribution in [0.15, 0.2) is 52.8 Å². The fourth-order valence-electron chi connectivity index (χ4n) is 3.96. The number of guanidine groups is 1. The Morgan fingerprint density at radius 1 is 1.10 bits per heavy atom. The predicted octanol–water partition coefficient (Wildman–Crippen LogP) is 4.76. The minimum absolute atomic E-state index is 0. The fraction of sp³-hybridized carbons (Fsp3) is 0.435. The molecule has 1 aliphatic rings. The van der Waals surface area contributed by atoms with Gasteiger partial charge in [-0.1, -0.05) is 36.4 Å². The smallest absolute Gasteiger partial charge is 0.192 e. The first-order valence-electron chi connectivity index (χ1n) is 10.7. The number of benzene rings is 1. The Bertz CT molecular complexity index is 946. The van der Waals surface area contributed by atoms with Crippen molar-refractivity contribution in [3.8, 4) is 0 Å². The molecule has 0 bridgehead atoms. The molecule has 166 valence electrons. The molecule has 0 amide bonds. The maximum Gasteiger partial charge on any atom is 0.192 e. The van der Waals surface area contributed by atoms with Gasteiger partial charge >= 0.3 is 0 Å². The largest absolute Gasteiger partial charge is 0.354 e. The van der Waals surface area contributed by atoms with Crippen LogP contribution in [0.25, 0.3) is 0 Å². The van der Waals surface area contributed by atoms with E-state index in [-0.39, 0.29) is 24.0 Å². The van der Waals surface area contributed by atoms with Gasteiger partial charge in [-0.05, 0) is 55.5 Å². The van der Waals surface area contributed by atoms with Gasteiger partial charge in [0.15, 0.2) is 11.8 Å². The molecule has 2 N–H and O–H groups in total. The van der Waals surface area contributed by atoms with Crippen molar-refractivity contribution in [3.05, 3.63) is 69.9 Å². The summed E-state index contributed by atoms with van der Waals surface area (Å²) in [6.45, 7) is 3.25. The van der Waals surface area contributed by atoms with E-state index in [2.05, 4.69) is 68.7 Å². The number of hydrogen-bond acceptors (Lipinski definition) is 4. The maximum absolute atomic E-state index is 4.81. The van der Waals surface area contributed by atoms with Gasteiger partial charge in [0.2, 0.25) is 0 Å². The highest BCUT2D eigenvalue weighted by molar-refractivity contribution is 14.0. The molecule has 0 saturated heterocycles. The molecular weight excluding hydrogens is 519 g/mol. The highest BCUT2D eigenvalue weighted by Crippen LogP contribution is 2.32. The molecule has 1 fully saturated rings. The Hall–Kier alpha value is -1.94. The topological polar surface area (TPSA) is 67.1 Å². The lowest BCUT2D eigenvalue weighted by Gasteiger charge is -2.30. The van der Waals surface area contributed by atoms with Crippen LogP contribution in [-0.4, -0.2) is 26.8 Å². The summed E-state index contributed by atoms with van der Waals surface area (Å²) in [7, 11) is 1.98. The van der Waals surface area contributed by atoms with Crippen molar-refractivity contribution in [2.24, 2.45) is 12.0 Å². The van der Waals surface area contributed by atoms with E-state index in [0.717, 1.165) is 37.0 Å². The lowest BCUT2D eigenvalue weighted by atomic mass is 9.82. The van der Waals surface area contributed by atoms with Crippen LogP contribution >= 0.6 is 35.3 Å². The molecule has 8 heteroatoms. The molecule has 0 spiro atoms. The van der Waals surface area contributed by atoms with Gasteiger partial charge in [0.1, 0.15) is 12.4 Å². The SMILES string of the molecule is Cc1nnc(CN=C(NCc2cccs2)NC2CCC(c3ccccc3)CC2)n1C.I. The maximum atomic E-state index is 4.81. The van der Waals surface area contributed by atoms with E-state index in [1.807, 2.05) is 18.5 Å². The molecule has 0 unspecified atom stereocenters. The molecule has 0 atom stereocenters. The number of hydrogen-bond donors (Lipinski definition) is 2. The monoisotopic (exact) mass is 550 g/mol. The van der Waals surface area contributed by atoms with E-state index in [1.54, 1.807) is 11.3 Å². The Kier molecular flexibility index (Phi) is 8.89. The van der Waals surface area contributed by atoms with Gasteiger partial charge in [0.25, 0.3) is 0 Å². The van der Waals surface area contributed by atoms with Crippen LogP contribution in [-0.2, 0) is 20.1 Å². The first kappa shape index (κ1) is 23.7. The van der Waals surface area contributed by atoms with Crippen molar-refractivity contribution in [1.82, 2.24) is 25.4 Å². The quantitative estimate of drug-likeness (QED) is 0.264. The van der Waals surface area contributed by atoms with Crippen molar-refractivity contribution in [1.29, 1.82) is 0 Å². The van der Waals surface area contributed by atoms with Crippen LogP contribution in [0.4, 0.5) is 0 Å². The third-order valence-corrected chi connectivity index (χ3v) is 6.79. The third-order valence-electron chi connectivity index (χ3n) is 5.91. The summed E-state index contributed by atoms with van der Waals surface area (Å²) in [5.74, 6) is 3.30. The molecule has 1 aromatic carbocycles. The second-order valence-corrected chi connectivity index (χ2v) is 8.96. The average molecular weight is 551 g/mol. The summed E-state index contributed by atoms with van der Waals surface area (Å²) in [5, 5.41) is 17.7. The van der Waals surface area contributed by atoms with Crippen LogP contribution < -0.4 is 10.6 Å². The van der Waals surface area contributed by atoms with Gasteiger partial charge in [-0.3, -0.25) is 0 Å². The van der Waals surface area contributed by atoms with Crippen molar-refractivity contribution in [2.75, 3.05) is 0 Å². The van der Waals surface area contributed by atoms with Crippen LogP contribution in [0.1, 0.15) is 53.7 Å². The van der Waals surface area contributed by atoms with E-state index >= 15 is 0 Å². The molecule has 3 aromatic rings. The molecule has 1 saturated carbocycles. The van der Waals surface area contributed by atoms with Crippen LogP contribution in [0.2, 0.25) is 0 Å². The van der Waals surface area contributed by atoms with Gasteiger partial charge in [-0.25, -0.2) is 4.99 Å². The number of aryl methyl sites for hydroxylation is 1. The summed E-state index contributed by atoms with van der Waals surface area (Å²) < 4.78 is 1.99. The summed E-state index contributed by atoms with van der Waals surface area (Å²) in [4.78, 5) is 6.11. The number of aromatic nitrogens is 3. The second-order valence-electron chi connectivity index (χ2n) is 7.92. The summed E-state index contributed by atoms with van der Waals surface area (Å²) in [6, 6.07) is 15.6. The number of thiophene rings is 1. The molecule has 6 nitrogen and oxygen atoms in total. The number of rotatable bonds is 6. The third kappa shape index (κ3) is 6.52. The van der Waals surface area contributed by atoms with Gasteiger partial charge in [-0.2, -0.15) is 0 Å². The summed E-state index contributed by atoms with van der Waals surface area (Å²) in [5.41, 5.74) is 1.47. The van der Waals surface area contributed by atoms with E-state index in [0.29, 0.717) is 18.5 Å². The van der Waals surface area contributed by atoms with Crippen molar-refractivity contribution in [3.63, 3.8) is 0 Å². The molecule has 31 heavy (non-hydrogen) atoms. The molecule has 1 aliphatic carbocycles. The van der Waals surface area contributed by atoms with Gasteiger partial charge in [0.05, 0.1) is 6.54 Å². The normalized spacial score (nSPS) is 19.0. The zero-order valence-electron chi connectivity index (χ0n) is 18.1. The predicted molar refractivity (Wildman–Crippen MR) is 138 cm³/mol. The van der Waals surface area contributed by atoms with Crippen LogP contribution in [0.5, 0.6) is 0 Å². The average Bonchev–Trinajstić information content (AvgIpc) is 3.42. The molecule has 0 aliphatic heterocycles. The molecule has 4 rings (SSSR count). The second kappa shape index (κ2) is 11.6. The fourth-order valence-corrected chi connectivity index (χ4v) is 4.61. The first-order valence-corrected chi connectivity index (χ1v) is 11.5. The Morgan fingerprint density at radius 2 is 1.87 bits per heavy atom. The van der Waals surface area contributed by atoms with Gasteiger partial charge < -0.3 is 15.2 Å². The number of nitrogens with zero attached hydrogens (tertiary/aromatic N) is 4. The zero-order chi connectivity index (χ0) is 20.8. The summed E-state index contributed by atoms with van der Waals surface area (Å²) in [6.07, 6.45) is 4.73. The first-order chi connectivity index (χ1) is 14.7. The van der Waals surface area contributed by atoms with E-state index in [9.17, 15) is 0 Å². The number of halogens is 1. The van der Waals surface area contributed by atoms with Crippen LogP contribution in [0, 0.1) is 6.92 Å². The Balaban J connectivity index is 0.00000272. The van der Waals surface area contributed by atoms with E-state index in [1.165, 1.54) is 23.3 Å². The molecular formula is C23H31IN6S. The van der Waals surface area contributed by atoms with Gasteiger partial charge in [0, 0.05) is 18.0 Å². The van der Waals surface area contributed by atoms with E-state index < -0.39 is 0 Å². The summed E-state index contributed by atoms with van der Waals surface area (Å²) >= 11 is 1.76. The molecule has 2 heterocycles. The lowest BCUT2D eigenvalue weighted by molar-refractivity contribution is 0.371. The minimum atomic E-state index is 0. The van der Waals surface area contributed by atoms with Crippen molar-refractivity contribution >= 4 is 41.3 Å². The highest BCUT2D eigenvalue weighted by atomic mass is 127. The lowest BCUT2D eigenvalue weighted by Crippen LogP contribution is -2.44. The number of nitrogens with one attached hydrogen (secondary N) is 2. The zero-order valence-corrected chi connectivity index (χ0v) is 21.3. The van der Waals surface area contributed by atoms with E-state index in [4.69, 9.17) is 4.99 Å². The van der Waals surface area contributed by atoms with Crippen LogP contribution in [0.3, 0.4) is 0 Å². The minimum Gasteiger partial charge on any atom is -0.354 e. The Labute approximate surface area is 205 Å². The Morgan fingerprint density at radius 3 is 2.52 bits per heavy atom. The molecule has 2 aromatic heterocycles. The molecule has 0 radical (unpaired) electrons. The standard InChI is InChI=1S/C23H30N6S.HI/c1-17-27-28-22(29(17)2)16-25-23(24-15-21-9-6-14-30-21)26-20-12-10-19(11-13-20)18-7-4-3-5-8-18;/h3-9,14,19-20H,10-13,15-16H2,1-2H3,(H2,24,25,26);1H. The van der Waals surface area contributed by atoms with Gasteiger partial charge in [-0.15, -0.1) is 45.5 Å².